The van der Waals surface area contributed by atoms with Gasteiger partial charge in [0.2, 0.25) is 0 Å². The summed E-state index contributed by atoms with van der Waals surface area (Å²) in [5, 5.41) is 8.19. The Morgan fingerprint density at radius 1 is 1.12 bits per heavy atom. The Bertz CT molecular complexity index is 651. The third-order valence-corrected chi connectivity index (χ3v) is 2.48. The fourth-order valence-corrected chi connectivity index (χ4v) is 1.44. The van der Waals surface area contributed by atoms with Gasteiger partial charge in [0.25, 0.3) is 0 Å². The van der Waals surface area contributed by atoms with E-state index >= 15 is 0 Å². The summed E-state index contributed by atoms with van der Waals surface area (Å²) in [6.07, 6.45) is 0. The topological polar surface area (TPSA) is 50.7 Å². The predicted molar refractivity (Wildman–Crippen MR) is 70.9 cm³/mol. The minimum atomic E-state index is 0.254. The summed E-state index contributed by atoms with van der Waals surface area (Å²) in [6, 6.07) is 8.90. The number of nitrogens with two attached hydrogens (primary N) is 1. The molecule has 0 aromatic heterocycles. The van der Waals surface area contributed by atoms with E-state index in [0.717, 1.165) is 22.5 Å². The Morgan fingerprint density at radius 2 is 1.94 bits per heavy atom. The van der Waals surface area contributed by atoms with Gasteiger partial charge < -0.3 is 5.73 Å². The third kappa shape index (κ3) is 2.69. The first-order chi connectivity index (χ1) is 8.97. The average Bonchev–Trinajstić information content (AvgIpc) is 2.36. The highest BCUT2D eigenvalue weighted by molar-refractivity contribution is 5.59. The van der Waals surface area contributed by atoms with Gasteiger partial charge in [0.1, 0.15) is 0 Å². The number of anilines is 1. The zero-order chi connectivity index (χ0) is 14.0. The second kappa shape index (κ2) is 4.78. The molecule has 3 heteroatoms. The van der Waals surface area contributed by atoms with E-state index in [1.165, 1.54) is 12.1 Å². The van der Waals surface area contributed by atoms with Crippen LogP contribution in [-0.4, -0.2) is 0 Å². The lowest BCUT2D eigenvalue weighted by Crippen LogP contribution is -1.89. The summed E-state index contributed by atoms with van der Waals surface area (Å²) in [4.78, 5) is 0. The monoisotopic (exact) mass is 227 g/mol. The van der Waals surface area contributed by atoms with Gasteiger partial charge in [0.05, 0.1) is 14.1 Å². The molecule has 0 heterocycles. The molecule has 0 atom stereocenters. The molecular formula is C14H15N3. The Labute approximate surface area is 104 Å². The van der Waals surface area contributed by atoms with Crippen molar-refractivity contribution >= 4 is 17.1 Å². The molecule has 2 N–H and O–H groups in total. The molecule has 17 heavy (non-hydrogen) atoms. The molecule has 3 nitrogen and oxygen atoms in total. The second-order valence-corrected chi connectivity index (χ2v) is 3.87. The molecule has 0 saturated heterocycles. The lowest BCUT2D eigenvalue weighted by molar-refractivity contribution is 1.20. The number of aryl methyl sites for hydroxylation is 2. The van der Waals surface area contributed by atoms with Crippen molar-refractivity contribution in [2.75, 3.05) is 5.73 Å². The minimum Gasteiger partial charge on any atom is -0.399 e. The zero-order valence-corrected chi connectivity index (χ0v) is 9.86. The highest BCUT2D eigenvalue weighted by atomic mass is 15.1. The quantitative estimate of drug-likeness (QED) is 0.603. The molecule has 0 amide bonds. The summed E-state index contributed by atoms with van der Waals surface area (Å²) in [5.41, 5.74) is 9.53. The molecule has 0 spiro atoms. The van der Waals surface area contributed by atoms with Crippen LogP contribution in [0.4, 0.5) is 17.1 Å². The SMILES string of the molecule is [2H]c1ccc([2H])c(N=Nc2cc(C)c(N)cc2C)c1. The van der Waals surface area contributed by atoms with E-state index in [2.05, 4.69) is 10.2 Å². The maximum Gasteiger partial charge on any atom is 0.0890 e. The van der Waals surface area contributed by atoms with Crippen molar-refractivity contribution in [1.29, 1.82) is 0 Å². The minimum absolute atomic E-state index is 0.254. The van der Waals surface area contributed by atoms with Crippen molar-refractivity contribution < 1.29 is 2.74 Å². The van der Waals surface area contributed by atoms with Gasteiger partial charge in [-0.15, -0.1) is 0 Å². The van der Waals surface area contributed by atoms with Crippen LogP contribution in [0.15, 0.2) is 52.6 Å². The van der Waals surface area contributed by atoms with Gasteiger partial charge in [0.15, 0.2) is 0 Å². The Balaban J connectivity index is 2.38. The lowest BCUT2D eigenvalue weighted by Gasteiger charge is -2.04. The lowest BCUT2D eigenvalue weighted by atomic mass is 10.1. The fraction of sp³-hybridized carbons (Fsp3) is 0.143. The molecule has 0 radical (unpaired) electrons. The highest BCUT2D eigenvalue weighted by Gasteiger charge is 2.00. The number of hydrogen-bond acceptors (Lipinski definition) is 3. The van der Waals surface area contributed by atoms with Crippen LogP contribution in [0.25, 0.3) is 0 Å². The van der Waals surface area contributed by atoms with Crippen molar-refractivity contribution in [3.05, 3.63) is 53.5 Å². The van der Waals surface area contributed by atoms with Gasteiger partial charge in [-0.25, -0.2) is 0 Å². The summed E-state index contributed by atoms with van der Waals surface area (Å²) in [5.74, 6) is 0. The number of rotatable bonds is 2. The molecule has 2 aromatic carbocycles. The van der Waals surface area contributed by atoms with E-state index in [1.807, 2.05) is 26.0 Å². The largest absolute Gasteiger partial charge is 0.399 e. The molecule has 0 aliphatic rings. The Hall–Kier alpha value is -2.16. The fourth-order valence-electron chi connectivity index (χ4n) is 1.44. The Morgan fingerprint density at radius 3 is 2.76 bits per heavy atom. The maximum absolute atomic E-state index is 7.71. The van der Waals surface area contributed by atoms with Crippen LogP contribution in [0.5, 0.6) is 0 Å². The van der Waals surface area contributed by atoms with Crippen LogP contribution in [0, 0.1) is 13.8 Å². The number of azo groups is 1. The van der Waals surface area contributed by atoms with Crippen molar-refractivity contribution in [2.45, 2.75) is 13.8 Å². The molecule has 0 unspecified atom stereocenters. The number of nitrogens with zero attached hydrogens (tertiary/aromatic N) is 2. The van der Waals surface area contributed by atoms with Crippen LogP contribution < -0.4 is 5.73 Å². The van der Waals surface area contributed by atoms with E-state index in [1.54, 1.807) is 6.07 Å². The first-order valence-corrected chi connectivity index (χ1v) is 5.33. The van der Waals surface area contributed by atoms with Crippen LogP contribution in [0.3, 0.4) is 0 Å². The molecule has 0 fully saturated rings. The summed E-state index contributed by atoms with van der Waals surface area (Å²) < 4.78 is 15.2. The highest BCUT2D eigenvalue weighted by Crippen LogP contribution is 2.26. The number of benzene rings is 2. The van der Waals surface area contributed by atoms with Crippen molar-refractivity contribution in [2.24, 2.45) is 10.2 Å². The zero-order valence-electron chi connectivity index (χ0n) is 11.9. The van der Waals surface area contributed by atoms with E-state index in [9.17, 15) is 0 Å². The van der Waals surface area contributed by atoms with Gasteiger partial charge in [-0.2, -0.15) is 10.2 Å². The summed E-state index contributed by atoms with van der Waals surface area (Å²) in [6.45, 7) is 3.82. The van der Waals surface area contributed by atoms with Gasteiger partial charge in [-0.05, 0) is 49.2 Å². The van der Waals surface area contributed by atoms with Gasteiger partial charge in [-0.3, -0.25) is 0 Å². The van der Waals surface area contributed by atoms with Crippen LogP contribution in [0.1, 0.15) is 13.9 Å². The number of hydrogen-bond donors (Lipinski definition) is 1. The standard InChI is InChI=1S/C14H15N3/c1-10-9-14(11(2)8-13(10)15)17-16-12-6-4-3-5-7-12/h3-9H,15H2,1-2H3/i4D,7D. The van der Waals surface area contributed by atoms with Crippen LogP contribution >= 0.6 is 0 Å². The average molecular weight is 227 g/mol. The number of nitrogen functional groups attached to an aromatic ring is 1. The van der Waals surface area contributed by atoms with Gasteiger partial charge in [0, 0.05) is 5.69 Å². The van der Waals surface area contributed by atoms with Crippen LogP contribution in [-0.2, 0) is 0 Å². The molecule has 0 aliphatic carbocycles. The summed E-state index contributed by atoms with van der Waals surface area (Å²) in [7, 11) is 0. The van der Waals surface area contributed by atoms with Gasteiger partial charge >= 0.3 is 0 Å². The van der Waals surface area contributed by atoms with Crippen molar-refractivity contribution in [3.63, 3.8) is 0 Å². The predicted octanol–water partition coefficient (Wildman–Crippen LogP) is 4.30. The van der Waals surface area contributed by atoms with E-state index in [0.29, 0.717) is 11.7 Å². The van der Waals surface area contributed by atoms with Crippen molar-refractivity contribution in [1.82, 2.24) is 0 Å². The van der Waals surface area contributed by atoms with Gasteiger partial charge in [-0.1, -0.05) is 18.2 Å². The first kappa shape index (κ1) is 8.93. The normalized spacial score (nSPS) is 12.6. The van der Waals surface area contributed by atoms with Crippen LogP contribution in [0.2, 0.25) is 0 Å². The molecule has 0 saturated carbocycles. The van der Waals surface area contributed by atoms with E-state index in [-0.39, 0.29) is 6.04 Å². The first-order valence-electron chi connectivity index (χ1n) is 6.33. The molecule has 2 aromatic rings. The third-order valence-electron chi connectivity index (χ3n) is 2.48. The maximum atomic E-state index is 7.71. The van der Waals surface area contributed by atoms with E-state index in [4.69, 9.17) is 8.48 Å². The molecule has 0 bridgehead atoms. The molecule has 86 valence electrons. The molecule has 0 aliphatic heterocycles. The smallest absolute Gasteiger partial charge is 0.0890 e. The molecule has 2 rings (SSSR count). The Kier molecular flexibility index (Phi) is 2.51. The second-order valence-electron chi connectivity index (χ2n) is 3.87. The van der Waals surface area contributed by atoms with E-state index < -0.39 is 0 Å². The van der Waals surface area contributed by atoms with Crippen molar-refractivity contribution in [3.8, 4) is 0 Å². The summed E-state index contributed by atoms with van der Waals surface area (Å²) >= 11 is 0. The molecular weight excluding hydrogens is 210 g/mol.